The first-order chi connectivity index (χ1) is 11.3. The topological polar surface area (TPSA) is 80.5 Å². The maximum absolute atomic E-state index is 12.2. The van der Waals surface area contributed by atoms with Crippen molar-refractivity contribution in [3.8, 4) is 11.3 Å². The van der Waals surface area contributed by atoms with Gasteiger partial charge in [-0.05, 0) is 6.92 Å². The van der Waals surface area contributed by atoms with Gasteiger partial charge in [-0.1, -0.05) is 30.3 Å². The second-order valence-corrected chi connectivity index (χ2v) is 8.12. The van der Waals surface area contributed by atoms with E-state index in [-0.39, 0.29) is 24.1 Å². The van der Waals surface area contributed by atoms with Crippen LogP contribution >= 0.6 is 0 Å². The van der Waals surface area contributed by atoms with Gasteiger partial charge in [0.15, 0.2) is 11.7 Å². The first kappa shape index (κ1) is 18.2. The average molecular weight is 350 g/mol. The number of hydrogen-bond donors (Lipinski definition) is 0. The van der Waals surface area contributed by atoms with Gasteiger partial charge >= 0.3 is 0 Å². The largest absolute Gasteiger partial charge is 0.441 e. The Kier molecular flexibility index (Phi) is 5.77. The Morgan fingerprint density at radius 1 is 1.29 bits per heavy atom. The number of benzene rings is 1. The molecule has 24 heavy (non-hydrogen) atoms. The van der Waals surface area contributed by atoms with E-state index in [1.54, 1.807) is 20.2 Å². The Balaban J connectivity index is 1.91. The van der Waals surface area contributed by atoms with Crippen molar-refractivity contribution in [1.29, 1.82) is 0 Å². The number of carbonyl (C=O) groups is 1. The lowest BCUT2D eigenvalue weighted by Crippen LogP contribution is -2.39. The average Bonchev–Trinajstić information content (AvgIpc) is 3.00. The maximum atomic E-state index is 12.2. The molecule has 0 saturated carbocycles. The van der Waals surface area contributed by atoms with Gasteiger partial charge in [0.25, 0.3) is 0 Å². The third-order valence-corrected chi connectivity index (χ3v) is 4.85. The molecule has 0 aliphatic heterocycles. The van der Waals surface area contributed by atoms with Gasteiger partial charge in [0.05, 0.1) is 11.9 Å². The van der Waals surface area contributed by atoms with E-state index in [9.17, 15) is 13.2 Å². The van der Waals surface area contributed by atoms with Crippen LogP contribution in [0, 0.1) is 0 Å². The number of rotatable bonds is 7. The summed E-state index contributed by atoms with van der Waals surface area (Å²) < 4.78 is 28.3. The maximum Gasteiger partial charge on any atom is 0.223 e. The molecule has 2 aromatic rings. The Bertz CT molecular complexity index is 784. The molecular weight excluding hydrogens is 328 g/mol. The van der Waals surface area contributed by atoms with Crippen molar-refractivity contribution in [1.82, 2.24) is 9.88 Å². The highest BCUT2D eigenvalue weighted by atomic mass is 32.2. The van der Waals surface area contributed by atoms with E-state index in [1.165, 1.54) is 11.2 Å². The number of carbonyl (C=O) groups excluding carboxylic acids is 1. The fourth-order valence-electron chi connectivity index (χ4n) is 2.35. The van der Waals surface area contributed by atoms with E-state index in [0.29, 0.717) is 18.1 Å². The van der Waals surface area contributed by atoms with Crippen molar-refractivity contribution in [3.05, 3.63) is 42.4 Å². The number of aromatic nitrogens is 1. The summed E-state index contributed by atoms with van der Waals surface area (Å²) in [5.41, 5.74) is 0.932. The van der Waals surface area contributed by atoms with E-state index in [0.717, 1.165) is 5.56 Å². The summed E-state index contributed by atoms with van der Waals surface area (Å²) in [6.45, 7) is 1.72. The van der Waals surface area contributed by atoms with Gasteiger partial charge in [0.2, 0.25) is 5.91 Å². The zero-order valence-corrected chi connectivity index (χ0v) is 14.9. The molecule has 0 aliphatic carbocycles. The fraction of sp³-hybridized carbons (Fsp3) is 0.412. The summed E-state index contributed by atoms with van der Waals surface area (Å²) in [5, 5.41) is 0. The predicted octanol–water partition coefficient (Wildman–Crippen LogP) is 2.17. The molecule has 130 valence electrons. The molecule has 1 aromatic heterocycles. The van der Waals surface area contributed by atoms with Crippen molar-refractivity contribution < 1.29 is 17.6 Å². The second kappa shape index (κ2) is 7.61. The summed E-state index contributed by atoms with van der Waals surface area (Å²) in [7, 11) is -1.51. The first-order valence-corrected chi connectivity index (χ1v) is 9.76. The van der Waals surface area contributed by atoms with Gasteiger partial charge < -0.3 is 9.32 Å². The first-order valence-electron chi connectivity index (χ1n) is 7.70. The molecule has 2 rings (SSSR count). The number of sulfone groups is 1. The lowest BCUT2D eigenvalue weighted by Gasteiger charge is -2.24. The Hall–Kier alpha value is -2.15. The Labute approximate surface area is 142 Å². The summed E-state index contributed by atoms with van der Waals surface area (Å²) in [6, 6.07) is 9.24. The van der Waals surface area contributed by atoms with Crippen molar-refractivity contribution in [2.45, 2.75) is 25.8 Å². The van der Waals surface area contributed by atoms with Crippen molar-refractivity contribution >= 4 is 15.7 Å². The van der Waals surface area contributed by atoms with Crippen LogP contribution in [-0.2, 0) is 21.1 Å². The minimum absolute atomic E-state index is 0.0492. The van der Waals surface area contributed by atoms with Crippen LogP contribution in [0.25, 0.3) is 11.3 Å². The molecule has 0 radical (unpaired) electrons. The monoisotopic (exact) mass is 350 g/mol. The molecular formula is C17H22N2O4S. The molecule has 1 amide bonds. The number of aryl methyl sites for hydroxylation is 1. The third-order valence-electron chi connectivity index (χ3n) is 3.76. The molecule has 0 spiro atoms. The van der Waals surface area contributed by atoms with Crippen molar-refractivity contribution in [2.75, 3.05) is 19.1 Å². The number of nitrogens with zero attached hydrogens (tertiary/aromatic N) is 2. The summed E-state index contributed by atoms with van der Waals surface area (Å²) in [4.78, 5) is 17.8. The van der Waals surface area contributed by atoms with Gasteiger partial charge in [-0.15, -0.1) is 0 Å². The smallest absolute Gasteiger partial charge is 0.223 e. The van der Waals surface area contributed by atoms with Crippen LogP contribution < -0.4 is 0 Å². The van der Waals surface area contributed by atoms with Gasteiger partial charge in [0, 0.05) is 37.8 Å². The fourth-order valence-corrected chi connectivity index (χ4v) is 3.45. The van der Waals surface area contributed by atoms with Crippen LogP contribution in [0.15, 0.2) is 40.9 Å². The second-order valence-electron chi connectivity index (χ2n) is 5.93. The predicted molar refractivity (Wildman–Crippen MR) is 92.2 cm³/mol. The molecule has 0 aliphatic rings. The highest BCUT2D eigenvalue weighted by Gasteiger charge is 2.20. The number of hydrogen-bond acceptors (Lipinski definition) is 5. The van der Waals surface area contributed by atoms with E-state index < -0.39 is 9.84 Å². The molecule has 0 fully saturated rings. The van der Waals surface area contributed by atoms with Gasteiger partial charge in [-0.25, -0.2) is 13.4 Å². The van der Waals surface area contributed by atoms with Gasteiger partial charge in [0.1, 0.15) is 9.84 Å². The van der Waals surface area contributed by atoms with Crippen LogP contribution in [0.3, 0.4) is 0 Å². The van der Waals surface area contributed by atoms with E-state index in [1.807, 2.05) is 30.3 Å². The Morgan fingerprint density at radius 3 is 2.58 bits per heavy atom. The molecule has 1 aromatic carbocycles. The van der Waals surface area contributed by atoms with Crippen LogP contribution in [-0.4, -0.2) is 49.3 Å². The molecule has 0 saturated heterocycles. The zero-order chi connectivity index (χ0) is 17.7. The van der Waals surface area contributed by atoms with Gasteiger partial charge in [-0.3, -0.25) is 4.79 Å². The molecule has 6 nitrogen and oxygen atoms in total. The van der Waals surface area contributed by atoms with E-state index >= 15 is 0 Å². The number of oxazole rings is 1. The molecule has 1 atom stereocenters. The van der Waals surface area contributed by atoms with E-state index in [2.05, 4.69) is 4.98 Å². The molecule has 1 heterocycles. The molecule has 7 heteroatoms. The quantitative estimate of drug-likeness (QED) is 0.764. The van der Waals surface area contributed by atoms with E-state index in [4.69, 9.17) is 4.42 Å². The standard InChI is InChI=1S/C17H22N2O4S/c1-13(12-24(3,21)22)19(2)17(20)10-9-16-18-11-15(23-16)14-7-5-4-6-8-14/h4-8,11,13H,9-10,12H2,1-3H3. The molecule has 1 unspecified atom stereocenters. The third kappa shape index (κ3) is 5.19. The SMILES string of the molecule is CC(CS(C)(=O)=O)N(C)C(=O)CCc1ncc(-c2ccccc2)o1. The van der Waals surface area contributed by atoms with Crippen molar-refractivity contribution in [3.63, 3.8) is 0 Å². The minimum atomic E-state index is -3.12. The van der Waals surface area contributed by atoms with Crippen molar-refractivity contribution in [2.24, 2.45) is 0 Å². The highest BCUT2D eigenvalue weighted by molar-refractivity contribution is 7.90. The highest BCUT2D eigenvalue weighted by Crippen LogP contribution is 2.20. The molecule has 0 N–H and O–H groups in total. The van der Waals surface area contributed by atoms with Crippen LogP contribution in [0.2, 0.25) is 0 Å². The van der Waals surface area contributed by atoms with Crippen LogP contribution in [0.1, 0.15) is 19.2 Å². The lowest BCUT2D eigenvalue weighted by molar-refractivity contribution is -0.131. The van der Waals surface area contributed by atoms with Crippen LogP contribution in [0.5, 0.6) is 0 Å². The summed E-state index contributed by atoms with van der Waals surface area (Å²) >= 11 is 0. The molecule has 0 bridgehead atoms. The Morgan fingerprint density at radius 2 is 1.96 bits per heavy atom. The zero-order valence-electron chi connectivity index (χ0n) is 14.1. The van der Waals surface area contributed by atoms with Crippen LogP contribution in [0.4, 0.5) is 0 Å². The minimum Gasteiger partial charge on any atom is -0.441 e. The summed E-state index contributed by atoms with van der Waals surface area (Å²) in [5.74, 6) is 0.973. The summed E-state index contributed by atoms with van der Waals surface area (Å²) in [6.07, 6.45) is 3.41. The lowest BCUT2D eigenvalue weighted by atomic mass is 10.2. The number of amides is 1. The normalized spacial score (nSPS) is 12.8. The van der Waals surface area contributed by atoms with Gasteiger partial charge in [-0.2, -0.15) is 0 Å².